The number of hydrogen-bond donors (Lipinski definition) is 0. The molecular formula is C32H24. The van der Waals surface area contributed by atoms with Gasteiger partial charge in [-0.1, -0.05) is 121 Å². The average Bonchev–Trinajstić information content (AvgIpc) is 3.37. The lowest BCUT2D eigenvalue weighted by Gasteiger charge is -2.29. The van der Waals surface area contributed by atoms with E-state index in [4.69, 9.17) is 0 Å². The summed E-state index contributed by atoms with van der Waals surface area (Å²) in [4.78, 5) is 0. The summed E-state index contributed by atoms with van der Waals surface area (Å²) < 4.78 is 0. The first-order valence-corrected chi connectivity index (χ1v) is 11.6. The summed E-state index contributed by atoms with van der Waals surface area (Å²) in [5.41, 5.74) is 8.51. The predicted molar refractivity (Wildman–Crippen MR) is 131 cm³/mol. The zero-order chi connectivity index (χ0) is 21.1. The minimum Gasteiger partial charge on any atom is -0.0792 e. The number of hydrogen-bond acceptors (Lipinski definition) is 0. The van der Waals surface area contributed by atoms with E-state index in [-0.39, 0.29) is 0 Å². The van der Waals surface area contributed by atoms with Crippen LogP contribution >= 0.6 is 0 Å². The van der Waals surface area contributed by atoms with E-state index in [2.05, 4.69) is 121 Å². The van der Waals surface area contributed by atoms with Gasteiger partial charge in [-0.05, 0) is 33.4 Å². The van der Waals surface area contributed by atoms with Gasteiger partial charge in [-0.3, -0.25) is 0 Å². The molecule has 0 aliphatic heterocycles. The topological polar surface area (TPSA) is 0 Å². The molecule has 0 aromatic heterocycles. The van der Waals surface area contributed by atoms with Crippen molar-refractivity contribution in [3.05, 3.63) is 167 Å². The number of rotatable bonds is 2. The molecule has 0 N–H and O–H groups in total. The Labute approximate surface area is 190 Å². The highest BCUT2D eigenvalue weighted by Gasteiger charge is 2.45. The molecule has 0 heteroatoms. The molecule has 152 valence electrons. The van der Waals surface area contributed by atoms with E-state index in [1.165, 1.54) is 45.2 Å². The maximum atomic E-state index is 2.40. The lowest BCUT2D eigenvalue weighted by molar-refractivity contribution is 0.657. The number of allylic oxidation sites excluding steroid dienone is 8. The molecule has 3 aromatic carbocycles. The van der Waals surface area contributed by atoms with Gasteiger partial charge in [0.25, 0.3) is 0 Å². The second kappa shape index (κ2) is 7.07. The summed E-state index contributed by atoms with van der Waals surface area (Å²) >= 11 is 0. The average molecular weight is 409 g/mol. The van der Waals surface area contributed by atoms with Crippen LogP contribution in [0, 0.1) is 23.7 Å². The third-order valence-electron chi connectivity index (χ3n) is 7.66. The van der Waals surface area contributed by atoms with Crippen LogP contribution in [0.15, 0.2) is 121 Å². The van der Waals surface area contributed by atoms with E-state index in [0.717, 1.165) is 0 Å². The predicted octanol–water partition coefficient (Wildman–Crippen LogP) is 7.31. The lowest BCUT2D eigenvalue weighted by atomic mass is 9.73. The first-order valence-electron chi connectivity index (χ1n) is 11.6. The summed E-state index contributed by atoms with van der Waals surface area (Å²) in [6.07, 6.45) is 18.4. The van der Waals surface area contributed by atoms with Gasteiger partial charge in [0.1, 0.15) is 0 Å². The molecule has 0 nitrogen and oxygen atoms in total. The summed E-state index contributed by atoms with van der Waals surface area (Å²) in [5.74, 6) is 4.62. The first kappa shape index (κ1) is 18.2. The van der Waals surface area contributed by atoms with E-state index < -0.39 is 0 Å². The molecule has 3 aromatic rings. The molecule has 0 bridgehead atoms. The SMILES string of the molecule is C1=CC2[C](c3ccccc3[C]3c4ccccc4C4C=CC=CC34)c3ccccc3C2C=C1. The Morgan fingerprint density at radius 2 is 0.688 bits per heavy atom. The highest BCUT2D eigenvalue weighted by atomic mass is 14.5. The van der Waals surface area contributed by atoms with Crippen LogP contribution in [0.1, 0.15) is 45.2 Å². The van der Waals surface area contributed by atoms with Crippen LogP contribution in [-0.2, 0) is 0 Å². The van der Waals surface area contributed by atoms with E-state index in [1.807, 2.05) is 0 Å². The van der Waals surface area contributed by atoms with E-state index in [1.54, 1.807) is 0 Å². The smallest absolute Gasteiger partial charge is 0.0423 e. The zero-order valence-electron chi connectivity index (χ0n) is 17.9. The van der Waals surface area contributed by atoms with Crippen molar-refractivity contribution in [2.24, 2.45) is 11.8 Å². The van der Waals surface area contributed by atoms with Gasteiger partial charge in [0.05, 0.1) is 0 Å². The van der Waals surface area contributed by atoms with Gasteiger partial charge >= 0.3 is 0 Å². The van der Waals surface area contributed by atoms with E-state index in [9.17, 15) is 0 Å². The number of benzene rings is 3. The molecule has 4 aliphatic carbocycles. The van der Waals surface area contributed by atoms with Crippen LogP contribution in [0.3, 0.4) is 0 Å². The van der Waals surface area contributed by atoms with Gasteiger partial charge in [0, 0.05) is 35.5 Å². The Bertz CT molecular complexity index is 1210. The van der Waals surface area contributed by atoms with Gasteiger partial charge in [-0.15, -0.1) is 0 Å². The second-order valence-electron chi connectivity index (χ2n) is 9.19. The standard InChI is InChI=1S/C32H24/c1-5-15-25-21(11-1)22-12-2-6-16-26(22)31(25)29-19-9-10-20-30(29)32-27-17-7-3-13-23(27)24-14-4-8-18-28(24)32/h1-21,23,25,27H. The molecule has 0 saturated heterocycles. The van der Waals surface area contributed by atoms with Crippen LogP contribution in [0.5, 0.6) is 0 Å². The van der Waals surface area contributed by atoms with Gasteiger partial charge < -0.3 is 0 Å². The fourth-order valence-electron chi connectivity index (χ4n) is 6.39. The van der Waals surface area contributed by atoms with Crippen LogP contribution in [0.25, 0.3) is 0 Å². The maximum Gasteiger partial charge on any atom is 0.0423 e. The summed E-state index contributed by atoms with van der Waals surface area (Å²) in [7, 11) is 0. The molecule has 2 radical (unpaired) electrons. The quantitative estimate of drug-likeness (QED) is 0.417. The molecule has 0 saturated carbocycles. The third-order valence-corrected chi connectivity index (χ3v) is 7.66. The minimum absolute atomic E-state index is 0.397. The summed E-state index contributed by atoms with van der Waals surface area (Å²) in [5, 5.41) is 0. The fourth-order valence-corrected chi connectivity index (χ4v) is 6.39. The molecule has 0 amide bonds. The monoisotopic (exact) mass is 408 g/mol. The van der Waals surface area contributed by atoms with Gasteiger partial charge in [0.2, 0.25) is 0 Å². The minimum atomic E-state index is 0.397. The molecule has 32 heavy (non-hydrogen) atoms. The van der Waals surface area contributed by atoms with Gasteiger partial charge in [-0.2, -0.15) is 0 Å². The van der Waals surface area contributed by atoms with Gasteiger partial charge in [0.15, 0.2) is 0 Å². The Morgan fingerprint density at radius 3 is 1.12 bits per heavy atom. The second-order valence-corrected chi connectivity index (χ2v) is 9.19. The summed E-state index contributed by atoms with van der Waals surface area (Å²) in [6, 6.07) is 27.1. The Morgan fingerprint density at radius 1 is 0.344 bits per heavy atom. The third kappa shape index (κ3) is 2.50. The highest BCUT2D eigenvalue weighted by molar-refractivity contribution is 5.69. The van der Waals surface area contributed by atoms with E-state index in [0.29, 0.717) is 23.7 Å². The van der Waals surface area contributed by atoms with Crippen molar-refractivity contribution in [1.29, 1.82) is 0 Å². The normalized spacial score (nSPS) is 27.2. The molecule has 7 rings (SSSR count). The number of fused-ring (bicyclic) bond motifs is 6. The van der Waals surface area contributed by atoms with Crippen molar-refractivity contribution < 1.29 is 0 Å². The molecule has 0 fully saturated rings. The largest absolute Gasteiger partial charge is 0.0792 e. The lowest BCUT2D eigenvalue weighted by Crippen LogP contribution is -2.18. The van der Waals surface area contributed by atoms with Crippen LogP contribution in [0.2, 0.25) is 0 Å². The first-order chi connectivity index (χ1) is 15.9. The van der Waals surface area contributed by atoms with Crippen molar-refractivity contribution in [1.82, 2.24) is 0 Å². The molecule has 4 aliphatic rings. The van der Waals surface area contributed by atoms with Crippen LogP contribution < -0.4 is 0 Å². The Balaban J connectivity index is 1.43. The fraction of sp³-hybridized carbons (Fsp3) is 0.125. The Kier molecular flexibility index (Phi) is 4.02. The van der Waals surface area contributed by atoms with Crippen molar-refractivity contribution in [2.75, 3.05) is 0 Å². The molecule has 4 unspecified atom stereocenters. The zero-order valence-corrected chi connectivity index (χ0v) is 17.9. The van der Waals surface area contributed by atoms with Crippen LogP contribution in [0.4, 0.5) is 0 Å². The van der Waals surface area contributed by atoms with Crippen molar-refractivity contribution in [3.8, 4) is 0 Å². The molecule has 0 spiro atoms. The Hall–Kier alpha value is -3.38. The molecule has 0 heterocycles. The molecule has 4 atom stereocenters. The maximum absolute atomic E-state index is 2.40. The molecular weight excluding hydrogens is 384 g/mol. The van der Waals surface area contributed by atoms with Gasteiger partial charge in [-0.25, -0.2) is 0 Å². The van der Waals surface area contributed by atoms with Crippen molar-refractivity contribution in [3.63, 3.8) is 0 Å². The van der Waals surface area contributed by atoms with E-state index >= 15 is 0 Å². The van der Waals surface area contributed by atoms with Crippen LogP contribution in [-0.4, -0.2) is 0 Å². The highest BCUT2D eigenvalue weighted by Crippen LogP contribution is 2.56. The summed E-state index contributed by atoms with van der Waals surface area (Å²) in [6.45, 7) is 0. The van der Waals surface area contributed by atoms with Crippen molar-refractivity contribution >= 4 is 0 Å². The van der Waals surface area contributed by atoms with Crippen molar-refractivity contribution in [2.45, 2.75) is 11.8 Å².